The molecule has 6 heteroatoms. The second kappa shape index (κ2) is 5.24. The molecule has 1 aromatic carbocycles. The van der Waals surface area contributed by atoms with Crippen LogP contribution in [0.2, 0.25) is 0 Å². The van der Waals surface area contributed by atoms with Crippen LogP contribution in [0.1, 0.15) is 18.4 Å². The Labute approximate surface area is 121 Å². The van der Waals surface area contributed by atoms with E-state index in [9.17, 15) is 18.0 Å². The van der Waals surface area contributed by atoms with Gasteiger partial charge in [0.2, 0.25) is 5.91 Å². The number of para-hydroxylation sites is 1. The Kier molecular flexibility index (Phi) is 3.55. The van der Waals surface area contributed by atoms with Crippen molar-refractivity contribution in [1.29, 1.82) is 0 Å². The highest BCUT2D eigenvalue weighted by molar-refractivity contribution is 5.87. The number of piperidine rings is 1. The molecule has 3 rings (SSSR count). The summed E-state index contributed by atoms with van der Waals surface area (Å²) < 4.78 is 38.5. The number of nitrogens with zero attached hydrogens (tertiary/aromatic N) is 1. The van der Waals surface area contributed by atoms with E-state index in [1.807, 2.05) is 24.3 Å². The number of likely N-dealkylation sites (tertiary alicyclic amines) is 1. The fourth-order valence-electron chi connectivity index (χ4n) is 3.11. The quantitative estimate of drug-likeness (QED) is 0.864. The van der Waals surface area contributed by atoms with Crippen LogP contribution >= 0.6 is 0 Å². The number of nitrogens with one attached hydrogen (secondary N) is 1. The molecule has 2 unspecified atom stereocenters. The van der Waals surface area contributed by atoms with E-state index in [0.29, 0.717) is 19.4 Å². The molecule has 1 aromatic rings. The van der Waals surface area contributed by atoms with Gasteiger partial charge in [-0.1, -0.05) is 18.2 Å². The predicted octanol–water partition coefficient (Wildman–Crippen LogP) is 2.82. The van der Waals surface area contributed by atoms with Crippen molar-refractivity contribution in [1.82, 2.24) is 4.90 Å². The van der Waals surface area contributed by atoms with Gasteiger partial charge in [0.1, 0.15) is 6.04 Å². The van der Waals surface area contributed by atoms with Gasteiger partial charge in [-0.2, -0.15) is 13.2 Å². The maximum Gasteiger partial charge on any atom is 0.393 e. The number of rotatable bonds is 1. The number of hydrogen-bond acceptors (Lipinski definition) is 2. The summed E-state index contributed by atoms with van der Waals surface area (Å²) in [5.41, 5.74) is 1.94. The van der Waals surface area contributed by atoms with Gasteiger partial charge in [0.25, 0.3) is 0 Å². The van der Waals surface area contributed by atoms with E-state index in [1.54, 1.807) is 0 Å². The first-order chi connectivity index (χ1) is 9.95. The molecule has 3 nitrogen and oxygen atoms in total. The minimum atomic E-state index is -4.22. The van der Waals surface area contributed by atoms with Crippen molar-refractivity contribution in [3.05, 3.63) is 29.8 Å². The molecule has 114 valence electrons. The SMILES string of the molecule is O=C(C1Cc2ccccc2N1)N1CCCC(C(F)(F)F)C1. The third kappa shape index (κ3) is 2.84. The molecule has 1 saturated heterocycles. The van der Waals surface area contributed by atoms with E-state index in [0.717, 1.165) is 11.3 Å². The fourth-order valence-corrected chi connectivity index (χ4v) is 3.11. The lowest BCUT2D eigenvalue weighted by Crippen LogP contribution is -2.49. The van der Waals surface area contributed by atoms with Gasteiger partial charge < -0.3 is 10.2 Å². The van der Waals surface area contributed by atoms with Crippen LogP contribution in [0.4, 0.5) is 18.9 Å². The molecule has 0 spiro atoms. The van der Waals surface area contributed by atoms with E-state index < -0.39 is 18.1 Å². The molecule has 21 heavy (non-hydrogen) atoms. The van der Waals surface area contributed by atoms with Crippen LogP contribution in [-0.2, 0) is 11.2 Å². The van der Waals surface area contributed by atoms with Gasteiger partial charge in [-0.05, 0) is 24.5 Å². The van der Waals surface area contributed by atoms with Crippen LogP contribution in [0.3, 0.4) is 0 Å². The Morgan fingerprint density at radius 2 is 2.05 bits per heavy atom. The maximum absolute atomic E-state index is 12.8. The molecule has 2 atom stereocenters. The average Bonchev–Trinajstić information content (AvgIpc) is 2.89. The molecule has 2 heterocycles. The van der Waals surface area contributed by atoms with E-state index in [-0.39, 0.29) is 18.9 Å². The smallest absolute Gasteiger partial charge is 0.373 e. The Morgan fingerprint density at radius 1 is 1.29 bits per heavy atom. The molecule has 0 radical (unpaired) electrons. The molecule has 0 aliphatic carbocycles. The summed E-state index contributed by atoms with van der Waals surface area (Å²) in [5.74, 6) is -1.61. The molecular weight excluding hydrogens is 281 g/mol. The summed E-state index contributed by atoms with van der Waals surface area (Å²) in [6, 6.07) is 7.16. The highest BCUT2D eigenvalue weighted by Crippen LogP contribution is 2.34. The third-order valence-electron chi connectivity index (χ3n) is 4.27. The molecule has 2 aliphatic rings. The minimum absolute atomic E-state index is 0.117. The van der Waals surface area contributed by atoms with Crippen LogP contribution < -0.4 is 5.32 Å². The molecule has 1 N–H and O–H groups in total. The molecule has 1 amide bonds. The number of anilines is 1. The van der Waals surface area contributed by atoms with Gasteiger partial charge in [0, 0.05) is 25.2 Å². The second-order valence-corrected chi connectivity index (χ2v) is 5.72. The van der Waals surface area contributed by atoms with Crippen molar-refractivity contribution in [2.24, 2.45) is 5.92 Å². The van der Waals surface area contributed by atoms with Gasteiger partial charge in [-0.15, -0.1) is 0 Å². The summed E-state index contributed by atoms with van der Waals surface area (Å²) in [6.07, 6.45) is -3.14. The first kappa shape index (κ1) is 14.2. The van der Waals surface area contributed by atoms with E-state index in [4.69, 9.17) is 0 Å². The fraction of sp³-hybridized carbons (Fsp3) is 0.533. The van der Waals surface area contributed by atoms with Crippen molar-refractivity contribution in [2.75, 3.05) is 18.4 Å². The Balaban J connectivity index is 1.67. The predicted molar refractivity (Wildman–Crippen MR) is 72.9 cm³/mol. The molecule has 0 bridgehead atoms. The topological polar surface area (TPSA) is 32.3 Å². The lowest BCUT2D eigenvalue weighted by atomic mass is 9.96. The zero-order valence-electron chi connectivity index (χ0n) is 11.5. The van der Waals surface area contributed by atoms with Gasteiger partial charge in [-0.25, -0.2) is 0 Å². The van der Waals surface area contributed by atoms with Gasteiger partial charge in [0.05, 0.1) is 5.92 Å². The molecule has 0 saturated carbocycles. The molecule has 2 aliphatic heterocycles. The van der Waals surface area contributed by atoms with Crippen LogP contribution in [0.15, 0.2) is 24.3 Å². The first-order valence-corrected chi connectivity index (χ1v) is 7.15. The summed E-state index contributed by atoms with van der Waals surface area (Å²) in [5, 5.41) is 3.11. The highest BCUT2D eigenvalue weighted by atomic mass is 19.4. The van der Waals surface area contributed by atoms with Crippen molar-refractivity contribution in [3.63, 3.8) is 0 Å². The van der Waals surface area contributed by atoms with Crippen LogP contribution in [-0.4, -0.2) is 36.1 Å². The van der Waals surface area contributed by atoms with E-state index in [2.05, 4.69) is 5.32 Å². The lowest BCUT2D eigenvalue weighted by molar-refractivity contribution is -0.188. The van der Waals surface area contributed by atoms with Gasteiger partial charge >= 0.3 is 6.18 Å². The van der Waals surface area contributed by atoms with Crippen LogP contribution in [0.25, 0.3) is 0 Å². The Morgan fingerprint density at radius 3 is 2.76 bits per heavy atom. The number of benzene rings is 1. The summed E-state index contributed by atoms with van der Waals surface area (Å²) in [4.78, 5) is 13.8. The standard InChI is InChI=1S/C15H17F3N2O/c16-15(17,18)11-5-3-7-20(9-11)14(21)13-8-10-4-1-2-6-12(10)19-13/h1-2,4,6,11,13,19H,3,5,7-9H2. The monoisotopic (exact) mass is 298 g/mol. The van der Waals surface area contributed by atoms with Crippen molar-refractivity contribution < 1.29 is 18.0 Å². The summed E-state index contributed by atoms with van der Waals surface area (Å²) >= 11 is 0. The summed E-state index contributed by atoms with van der Waals surface area (Å²) in [7, 11) is 0. The number of carbonyl (C=O) groups is 1. The zero-order chi connectivity index (χ0) is 15.0. The average molecular weight is 298 g/mol. The number of amides is 1. The van der Waals surface area contributed by atoms with Crippen molar-refractivity contribution in [3.8, 4) is 0 Å². The maximum atomic E-state index is 12.8. The van der Waals surface area contributed by atoms with E-state index in [1.165, 1.54) is 4.90 Å². The van der Waals surface area contributed by atoms with Crippen molar-refractivity contribution >= 4 is 11.6 Å². The number of halogens is 3. The van der Waals surface area contributed by atoms with Gasteiger partial charge in [-0.3, -0.25) is 4.79 Å². The molecular formula is C15H17F3N2O. The number of carbonyl (C=O) groups excluding carboxylic acids is 1. The van der Waals surface area contributed by atoms with Crippen LogP contribution in [0, 0.1) is 5.92 Å². The Hall–Kier alpha value is -1.72. The Bertz CT molecular complexity index is 519. The van der Waals surface area contributed by atoms with Crippen LogP contribution in [0.5, 0.6) is 0 Å². The first-order valence-electron chi connectivity index (χ1n) is 7.15. The highest BCUT2D eigenvalue weighted by Gasteiger charge is 2.43. The van der Waals surface area contributed by atoms with E-state index >= 15 is 0 Å². The molecule has 0 aromatic heterocycles. The number of alkyl halides is 3. The largest absolute Gasteiger partial charge is 0.393 e. The normalized spacial score (nSPS) is 25.4. The number of fused-ring (bicyclic) bond motifs is 1. The third-order valence-corrected chi connectivity index (χ3v) is 4.27. The zero-order valence-corrected chi connectivity index (χ0v) is 11.5. The molecule has 1 fully saturated rings. The summed E-state index contributed by atoms with van der Waals surface area (Å²) in [6.45, 7) is 0.205. The number of hydrogen-bond donors (Lipinski definition) is 1. The van der Waals surface area contributed by atoms with Gasteiger partial charge in [0.15, 0.2) is 0 Å². The minimum Gasteiger partial charge on any atom is -0.373 e. The second-order valence-electron chi connectivity index (χ2n) is 5.72. The van der Waals surface area contributed by atoms with Crippen molar-refractivity contribution in [2.45, 2.75) is 31.5 Å². The lowest BCUT2D eigenvalue weighted by Gasteiger charge is -2.35.